The Labute approximate surface area is 120 Å². The van der Waals surface area contributed by atoms with E-state index in [1.54, 1.807) is 12.1 Å². The third-order valence-corrected chi connectivity index (χ3v) is 3.38. The fourth-order valence-corrected chi connectivity index (χ4v) is 2.21. The predicted molar refractivity (Wildman–Crippen MR) is 79.0 cm³/mol. The number of halogens is 1. The standard InChI is InChI=1S/C17H21FO2/c1-4-6-12-17(13-7-5-2,16(19)20-3)14-8-10-15(18)11-9-14/h4-11H,12-13H2,1-3H3. The van der Waals surface area contributed by atoms with Crippen molar-refractivity contribution in [3.63, 3.8) is 0 Å². The van der Waals surface area contributed by atoms with Gasteiger partial charge in [0.25, 0.3) is 0 Å². The molecule has 0 aliphatic heterocycles. The second-order valence-corrected chi connectivity index (χ2v) is 4.63. The molecular weight excluding hydrogens is 255 g/mol. The normalized spacial score (nSPS) is 14.6. The highest BCUT2D eigenvalue weighted by atomic mass is 19.1. The molecule has 0 heterocycles. The van der Waals surface area contributed by atoms with Crippen LogP contribution in [0.15, 0.2) is 48.6 Å². The van der Waals surface area contributed by atoms with Crippen LogP contribution in [0.2, 0.25) is 0 Å². The quantitative estimate of drug-likeness (QED) is 0.576. The number of hydrogen-bond acceptors (Lipinski definition) is 2. The van der Waals surface area contributed by atoms with Crippen LogP contribution in [-0.2, 0) is 14.9 Å². The smallest absolute Gasteiger partial charge is 0.316 e. The highest BCUT2D eigenvalue weighted by Gasteiger charge is 2.39. The van der Waals surface area contributed by atoms with Gasteiger partial charge in [0.2, 0.25) is 0 Å². The summed E-state index contributed by atoms with van der Waals surface area (Å²) in [6.45, 7) is 3.81. The average molecular weight is 276 g/mol. The zero-order chi connectivity index (χ0) is 15.0. The van der Waals surface area contributed by atoms with Crippen molar-refractivity contribution < 1.29 is 13.9 Å². The lowest BCUT2D eigenvalue weighted by Gasteiger charge is -2.29. The average Bonchev–Trinajstić information content (AvgIpc) is 2.48. The lowest BCUT2D eigenvalue weighted by Crippen LogP contribution is -2.36. The van der Waals surface area contributed by atoms with Crippen molar-refractivity contribution in [2.24, 2.45) is 0 Å². The molecule has 0 N–H and O–H groups in total. The molecule has 108 valence electrons. The Bertz CT molecular complexity index is 472. The first-order valence-electron chi connectivity index (χ1n) is 6.67. The Morgan fingerprint density at radius 2 is 1.65 bits per heavy atom. The molecule has 0 aliphatic rings. The van der Waals surface area contributed by atoms with Crippen LogP contribution in [0.3, 0.4) is 0 Å². The van der Waals surface area contributed by atoms with Crippen molar-refractivity contribution in [2.45, 2.75) is 32.1 Å². The van der Waals surface area contributed by atoms with Crippen LogP contribution < -0.4 is 0 Å². The van der Waals surface area contributed by atoms with E-state index in [1.165, 1.54) is 19.2 Å². The van der Waals surface area contributed by atoms with Gasteiger partial charge in [-0.15, -0.1) is 0 Å². The molecule has 0 saturated heterocycles. The summed E-state index contributed by atoms with van der Waals surface area (Å²) in [5.41, 5.74) is -0.0384. The van der Waals surface area contributed by atoms with Gasteiger partial charge < -0.3 is 4.74 Å². The molecule has 1 aromatic carbocycles. The van der Waals surface area contributed by atoms with Gasteiger partial charge in [-0.2, -0.15) is 0 Å². The van der Waals surface area contributed by atoms with Crippen LogP contribution in [0.4, 0.5) is 4.39 Å². The number of esters is 1. The van der Waals surface area contributed by atoms with Gasteiger partial charge in [0.15, 0.2) is 0 Å². The predicted octanol–water partition coefficient (Wildman–Crippen LogP) is 4.17. The van der Waals surface area contributed by atoms with Crippen LogP contribution in [0.25, 0.3) is 0 Å². The summed E-state index contributed by atoms with van der Waals surface area (Å²) >= 11 is 0. The van der Waals surface area contributed by atoms with E-state index in [-0.39, 0.29) is 11.8 Å². The van der Waals surface area contributed by atoms with Gasteiger partial charge >= 0.3 is 5.97 Å². The molecule has 3 heteroatoms. The van der Waals surface area contributed by atoms with E-state index in [2.05, 4.69) is 0 Å². The van der Waals surface area contributed by atoms with Crippen LogP contribution in [0.5, 0.6) is 0 Å². The molecule has 0 aromatic heterocycles. The second kappa shape index (κ2) is 7.63. The number of benzene rings is 1. The highest BCUT2D eigenvalue weighted by Crippen LogP contribution is 2.34. The number of allylic oxidation sites excluding steroid dienone is 4. The molecule has 0 amide bonds. The maximum Gasteiger partial charge on any atom is 0.316 e. The fraction of sp³-hybridized carbons (Fsp3) is 0.353. The summed E-state index contributed by atoms with van der Waals surface area (Å²) in [5, 5.41) is 0. The zero-order valence-electron chi connectivity index (χ0n) is 12.2. The highest BCUT2D eigenvalue weighted by molar-refractivity contribution is 5.83. The Morgan fingerprint density at radius 3 is 2.05 bits per heavy atom. The summed E-state index contributed by atoms with van der Waals surface area (Å²) in [6, 6.07) is 6.05. The van der Waals surface area contributed by atoms with Crippen molar-refractivity contribution in [1.29, 1.82) is 0 Å². The number of carbonyl (C=O) groups excluding carboxylic acids is 1. The monoisotopic (exact) mass is 276 g/mol. The molecule has 20 heavy (non-hydrogen) atoms. The summed E-state index contributed by atoms with van der Waals surface area (Å²) < 4.78 is 18.1. The van der Waals surface area contributed by atoms with Gasteiger partial charge in [0.1, 0.15) is 5.82 Å². The molecule has 0 radical (unpaired) electrons. The minimum Gasteiger partial charge on any atom is -0.468 e. The molecule has 0 unspecified atom stereocenters. The van der Waals surface area contributed by atoms with Gasteiger partial charge in [-0.3, -0.25) is 4.79 Å². The zero-order valence-corrected chi connectivity index (χ0v) is 12.2. The number of rotatable bonds is 6. The van der Waals surface area contributed by atoms with Crippen LogP contribution >= 0.6 is 0 Å². The molecule has 0 spiro atoms. The van der Waals surface area contributed by atoms with E-state index in [1.807, 2.05) is 38.2 Å². The first kappa shape index (κ1) is 16.2. The number of hydrogen-bond donors (Lipinski definition) is 0. The van der Waals surface area contributed by atoms with Gasteiger partial charge in [-0.05, 0) is 44.4 Å². The maximum absolute atomic E-state index is 13.1. The van der Waals surface area contributed by atoms with Crippen LogP contribution in [0.1, 0.15) is 32.3 Å². The second-order valence-electron chi connectivity index (χ2n) is 4.63. The van der Waals surface area contributed by atoms with Crippen LogP contribution in [-0.4, -0.2) is 13.1 Å². The minimum atomic E-state index is -0.804. The largest absolute Gasteiger partial charge is 0.468 e. The summed E-state index contributed by atoms with van der Waals surface area (Å²) in [5.74, 6) is -0.620. The Kier molecular flexibility index (Phi) is 6.16. The number of carbonyl (C=O) groups is 1. The fourth-order valence-electron chi connectivity index (χ4n) is 2.21. The van der Waals surface area contributed by atoms with Gasteiger partial charge in [0, 0.05) is 0 Å². The SMILES string of the molecule is CC=CCC(CC=CC)(C(=O)OC)c1ccc(F)cc1. The van der Waals surface area contributed by atoms with E-state index >= 15 is 0 Å². The molecule has 0 fully saturated rings. The number of ether oxygens (including phenoxy) is 1. The molecule has 1 aromatic rings. The molecule has 1 rings (SSSR count). The molecule has 0 bridgehead atoms. The van der Waals surface area contributed by atoms with Gasteiger partial charge in [-0.25, -0.2) is 4.39 Å². The minimum absolute atomic E-state index is 0.305. The summed E-state index contributed by atoms with van der Waals surface area (Å²) in [7, 11) is 1.38. The first-order chi connectivity index (χ1) is 9.60. The third-order valence-electron chi connectivity index (χ3n) is 3.38. The van der Waals surface area contributed by atoms with E-state index in [0.29, 0.717) is 12.8 Å². The Morgan fingerprint density at radius 1 is 1.15 bits per heavy atom. The number of methoxy groups -OCH3 is 1. The topological polar surface area (TPSA) is 26.3 Å². The molecule has 0 atom stereocenters. The van der Waals surface area contributed by atoms with E-state index < -0.39 is 5.41 Å². The van der Waals surface area contributed by atoms with E-state index in [9.17, 15) is 9.18 Å². The van der Waals surface area contributed by atoms with Crippen molar-refractivity contribution >= 4 is 5.97 Å². The lowest BCUT2D eigenvalue weighted by atomic mass is 9.74. The van der Waals surface area contributed by atoms with Gasteiger partial charge in [-0.1, -0.05) is 36.4 Å². The molecule has 0 saturated carbocycles. The molecule has 2 nitrogen and oxygen atoms in total. The van der Waals surface area contributed by atoms with Crippen molar-refractivity contribution in [1.82, 2.24) is 0 Å². The summed E-state index contributed by atoms with van der Waals surface area (Å²) in [4.78, 5) is 12.3. The molecule has 0 aliphatic carbocycles. The third kappa shape index (κ3) is 3.56. The first-order valence-corrected chi connectivity index (χ1v) is 6.67. The Balaban J connectivity index is 3.33. The van der Waals surface area contributed by atoms with Crippen molar-refractivity contribution in [3.05, 3.63) is 60.0 Å². The maximum atomic E-state index is 13.1. The van der Waals surface area contributed by atoms with Crippen molar-refractivity contribution in [3.8, 4) is 0 Å². The van der Waals surface area contributed by atoms with Crippen LogP contribution in [0, 0.1) is 5.82 Å². The van der Waals surface area contributed by atoms with E-state index in [4.69, 9.17) is 4.74 Å². The van der Waals surface area contributed by atoms with Gasteiger partial charge in [0.05, 0.1) is 12.5 Å². The lowest BCUT2D eigenvalue weighted by molar-refractivity contribution is -0.147. The van der Waals surface area contributed by atoms with Crippen molar-refractivity contribution in [2.75, 3.05) is 7.11 Å². The molecular formula is C17H21FO2. The summed E-state index contributed by atoms with van der Waals surface area (Å²) in [6.07, 6.45) is 8.71. The Hall–Kier alpha value is -1.90. The van der Waals surface area contributed by atoms with E-state index in [0.717, 1.165) is 5.56 Å².